The van der Waals surface area contributed by atoms with Crippen molar-refractivity contribution in [2.75, 3.05) is 6.54 Å². The average molecular weight is 443 g/mol. The van der Waals surface area contributed by atoms with E-state index >= 15 is 0 Å². The number of sulfonamides is 1. The molecule has 158 valence electrons. The van der Waals surface area contributed by atoms with Gasteiger partial charge in [0, 0.05) is 36.9 Å². The molecule has 0 spiro atoms. The Morgan fingerprint density at radius 1 is 1.17 bits per heavy atom. The van der Waals surface area contributed by atoms with E-state index in [1.807, 2.05) is 0 Å². The summed E-state index contributed by atoms with van der Waals surface area (Å²) >= 11 is 5.80. The van der Waals surface area contributed by atoms with Crippen molar-refractivity contribution in [3.63, 3.8) is 0 Å². The lowest BCUT2D eigenvalue weighted by atomic mass is 10.2. The Labute approximate surface area is 174 Å². The molecule has 1 aromatic heterocycles. The summed E-state index contributed by atoms with van der Waals surface area (Å²) in [5.74, 6) is -1.33. The second kappa shape index (κ2) is 10.9. The smallest absolute Gasteiger partial charge is 0.303 e. The predicted octanol–water partition coefficient (Wildman–Crippen LogP) is 1.64. The number of hydrogen-bond donors (Lipinski definition) is 3. The summed E-state index contributed by atoms with van der Waals surface area (Å²) in [6, 6.07) is 4.58. The molecule has 0 aliphatic carbocycles. The molecule has 3 N–H and O–H groups in total. The third-order valence-electron chi connectivity index (χ3n) is 4.06. The number of carboxylic acid groups (broad SMARTS) is 1. The fourth-order valence-electron chi connectivity index (χ4n) is 2.56. The Morgan fingerprint density at radius 3 is 2.52 bits per heavy atom. The Hall–Kier alpha value is -2.43. The number of aliphatic carboxylic acids is 1. The van der Waals surface area contributed by atoms with Crippen molar-refractivity contribution in [1.29, 1.82) is 0 Å². The normalized spacial score (nSPS) is 12.4. The number of imidazole rings is 1. The van der Waals surface area contributed by atoms with Gasteiger partial charge in [0.15, 0.2) is 0 Å². The highest BCUT2D eigenvalue weighted by atomic mass is 35.5. The van der Waals surface area contributed by atoms with Crippen LogP contribution in [-0.4, -0.2) is 47.5 Å². The number of hydrogen-bond acceptors (Lipinski definition) is 5. The van der Waals surface area contributed by atoms with Crippen molar-refractivity contribution in [3.8, 4) is 0 Å². The molecule has 0 fully saturated rings. The third-order valence-corrected chi connectivity index (χ3v) is 5.80. The van der Waals surface area contributed by atoms with Crippen molar-refractivity contribution in [1.82, 2.24) is 19.6 Å². The zero-order valence-corrected chi connectivity index (χ0v) is 17.2. The fraction of sp³-hybridized carbons (Fsp3) is 0.389. The number of benzene rings is 1. The van der Waals surface area contributed by atoms with Gasteiger partial charge in [-0.05, 0) is 37.1 Å². The van der Waals surface area contributed by atoms with Gasteiger partial charge in [-0.15, -0.1) is 0 Å². The monoisotopic (exact) mass is 442 g/mol. The van der Waals surface area contributed by atoms with Crippen LogP contribution < -0.4 is 10.0 Å². The van der Waals surface area contributed by atoms with Gasteiger partial charge in [-0.3, -0.25) is 9.59 Å². The van der Waals surface area contributed by atoms with Crippen LogP contribution >= 0.6 is 11.6 Å². The summed E-state index contributed by atoms with van der Waals surface area (Å²) < 4.78 is 29.3. The van der Waals surface area contributed by atoms with E-state index in [-0.39, 0.29) is 17.9 Å². The third kappa shape index (κ3) is 7.84. The largest absolute Gasteiger partial charge is 0.481 e. The van der Waals surface area contributed by atoms with Gasteiger partial charge in [0.05, 0.1) is 11.2 Å². The van der Waals surface area contributed by atoms with E-state index in [0.717, 1.165) is 0 Å². The lowest BCUT2D eigenvalue weighted by molar-refractivity contribution is -0.137. The van der Waals surface area contributed by atoms with E-state index in [1.54, 1.807) is 10.8 Å². The van der Waals surface area contributed by atoms with Crippen LogP contribution in [0.2, 0.25) is 5.02 Å². The SMILES string of the molecule is O=C(O)CCCCCNC(=O)C(Cn1ccnc1)NS(=O)(=O)c1ccc(Cl)cc1. The number of carbonyl (C=O) groups is 2. The molecule has 11 heteroatoms. The van der Waals surface area contributed by atoms with Crippen molar-refractivity contribution in [3.05, 3.63) is 48.0 Å². The summed E-state index contributed by atoms with van der Waals surface area (Å²) in [6.45, 7) is 0.388. The zero-order chi connectivity index (χ0) is 21.3. The van der Waals surface area contributed by atoms with Crippen LogP contribution in [0.15, 0.2) is 47.9 Å². The predicted molar refractivity (Wildman–Crippen MR) is 107 cm³/mol. The molecule has 2 aromatic rings. The molecule has 1 unspecified atom stereocenters. The first-order chi connectivity index (χ1) is 13.8. The van der Waals surface area contributed by atoms with Crippen molar-refractivity contribution >= 4 is 33.5 Å². The van der Waals surface area contributed by atoms with E-state index in [2.05, 4.69) is 15.0 Å². The Balaban J connectivity index is 1.99. The second-order valence-electron chi connectivity index (χ2n) is 6.38. The van der Waals surface area contributed by atoms with Crippen LogP contribution in [0.25, 0.3) is 0 Å². The Kier molecular flexibility index (Phi) is 8.62. The standard InChI is InChI=1S/C18H23ClN4O5S/c19-14-5-7-15(8-6-14)29(27,28)22-16(12-23-11-10-20-13-23)18(26)21-9-3-1-2-4-17(24)25/h5-8,10-11,13,16,22H,1-4,9,12H2,(H,21,26)(H,24,25). The highest BCUT2D eigenvalue weighted by molar-refractivity contribution is 7.89. The van der Waals surface area contributed by atoms with Gasteiger partial charge in [0.1, 0.15) is 6.04 Å². The molecule has 0 saturated carbocycles. The molecule has 0 aliphatic rings. The molecular formula is C18H23ClN4O5S. The van der Waals surface area contributed by atoms with Crippen molar-refractivity contribution in [2.45, 2.75) is 43.2 Å². The van der Waals surface area contributed by atoms with Crippen LogP contribution in [0.4, 0.5) is 0 Å². The quantitative estimate of drug-likeness (QED) is 0.428. The highest BCUT2D eigenvalue weighted by Gasteiger charge is 2.26. The maximum absolute atomic E-state index is 12.7. The zero-order valence-electron chi connectivity index (χ0n) is 15.6. The molecule has 0 saturated heterocycles. The van der Waals surface area contributed by atoms with E-state index in [1.165, 1.54) is 36.8 Å². The Bertz CT molecular complexity index is 901. The minimum absolute atomic E-state index is 0.000924. The number of carbonyl (C=O) groups excluding carboxylic acids is 1. The average Bonchev–Trinajstić information content (AvgIpc) is 3.17. The molecule has 2 rings (SSSR count). The van der Waals surface area contributed by atoms with Crippen LogP contribution in [0.1, 0.15) is 25.7 Å². The summed E-state index contributed by atoms with van der Waals surface area (Å²) in [7, 11) is -3.94. The maximum atomic E-state index is 12.7. The lowest BCUT2D eigenvalue weighted by Gasteiger charge is -2.19. The molecular weight excluding hydrogens is 420 g/mol. The number of halogens is 1. The number of rotatable bonds is 12. The topological polar surface area (TPSA) is 130 Å². The van der Waals surface area contributed by atoms with E-state index in [9.17, 15) is 18.0 Å². The molecule has 0 radical (unpaired) electrons. The molecule has 9 nitrogen and oxygen atoms in total. The number of unbranched alkanes of at least 4 members (excludes halogenated alkanes) is 2. The van der Waals surface area contributed by atoms with Crippen LogP contribution in [0.3, 0.4) is 0 Å². The first-order valence-electron chi connectivity index (χ1n) is 9.01. The van der Waals surface area contributed by atoms with Gasteiger partial charge in [0.2, 0.25) is 15.9 Å². The minimum atomic E-state index is -3.94. The number of carboxylic acids is 1. The molecule has 1 atom stereocenters. The minimum Gasteiger partial charge on any atom is -0.481 e. The van der Waals surface area contributed by atoms with Crippen LogP contribution in [0, 0.1) is 0 Å². The summed E-state index contributed by atoms with van der Waals surface area (Å²) in [6.07, 6.45) is 6.50. The summed E-state index contributed by atoms with van der Waals surface area (Å²) in [5, 5.41) is 11.7. The number of amides is 1. The lowest BCUT2D eigenvalue weighted by Crippen LogP contribution is -2.49. The van der Waals surface area contributed by atoms with Crippen LogP contribution in [-0.2, 0) is 26.2 Å². The van der Waals surface area contributed by atoms with Gasteiger partial charge in [-0.2, -0.15) is 4.72 Å². The number of nitrogens with zero attached hydrogens (tertiary/aromatic N) is 2. The number of nitrogens with one attached hydrogen (secondary N) is 2. The molecule has 1 aromatic carbocycles. The molecule has 0 aliphatic heterocycles. The van der Waals surface area contributed by atoms with Gasteiger partial charge in [-0.1, -0.05) is 18.0 Å². The Morgan fingerprint density at radius 2 is 1.90 bits per heavy atom. The van der Waals surface area contributed by atoms with Gasteiger partial charge < -0.3 is 15.0 Å². The van der Waals surface area contributed by atoms with Crippen LogP contribution in [0.5, 0.6) is 0 Å². The number of aromatic nitrogens is 2. The maximum Gasteiger partial charge on any atom is 0.303 e. The second-order valence-corrected chi connectivity index (χ2v) is 8.53. The molecule has 0 bridgehead atoms. The molecule has 1 amide bonds. The van der Waals surface area contributed by atoms with E-state index < -0.39 is 27.9 Å². The van der Waals surface area contributed by atoms with Gasteiger partial charge in [-0.25, -0.2) is 13.4 Å². The van der Waals surface area contributed by atoms with Gasteiger partial charge in [0.25, 0.3) is 0 Å². The fourth-order valence-corrected chi connectivity index (χ4v) is 3.87. The van der Waals surface area contributed by atoms with Gasteiger partial charge >= 0.3 is 5.97 Å². The summed E-state index contributed by atoms with van der Waals surface area (Å²) in [4.78, 5) is 27.0. The molecule has 1 heterocycles. The highest BCUT2D eigenvalue weighted by Crippen LogP contribution is 2.14. The molecule has 29 heavy (non-hydrogen) atoms. The van der Waals surface area contributed by atoms with Crippen molar-refractivity contribution < 1.29 is 23.1 Å². The van der Waals surface area contributed by atoms with E-state index in [4.69, 9.17) is 16.7 Å². The first kappa shape index (κ1) is 22.9. The van der Waals surface area contributed by atoms with E-state index in [0.29, 0.717) is 30.8 Å². The summed E-state index contributed by atoms with van der Waals surface area (Å²) in [5.41, 5.74) is 0. The first-order valence-corrected chi connectivity index (χ1v) is 10.9. The van der Waals surface area contributed by atoms with Crippen molar-refractivity contribution in [2.24, 2.45) is 0 Å².